The second-order valence-corrected chi connectivity index (χ2v) is 4.29. The number of nitrogens with one attached hydrogen (secondary N) is 1. The van der Waals surface area contributed by atoms with Crippen LogP contribution in [0.25, 0.3) is 0 Å². The lowest BCUT2D eigenvalue weighted by atomic mass is 9.85. The second kappa shape index (κ2) is 5.23. The lowest BCUT2D eigenvalue weighted by molar-refractivity contribution is 0.420. The van der Waals surface area contributed by atoms with Gasteiger partial charge < -0.3 is 5.32 Å². The van der Waals surface area contributed by atoms with Crippen molar-refractivity contribution in [2.24, 2.45) is 5.92 Å². The fraction of sp³-hybridized carbons (Fsp3) is 0.615. The van der Waals surface area contributed by atoms with Crippen molar-refractivity contribution in [2.75, 3.05) is 0 Å². The lowest BCUT2D eigenvalue weighted by Gasteiger charge is -2.23. The van der Waals surface area contributed by atoms with Crippen molar-refractivity contribution in [2.45, 2.75) is 44.9 Å². The molecule has 1 fully saturated rings. The molecule has 1 heteroatoms. The van der Waals surface area contributed by atoms with E-state index in [0.29, 0.717) is 0 Å². The Labute approximate surface area is 87.3 Å². The van der Waals surface area contributed by atoms with Gasteiger partial charge in [-0.3, -0.25) is 0 Å². The third-order valence-electron chi connectivity index (χ3n) is 3.22. The van der Waals surface area contributed by atoms with Crippen molar-refractivity contribution in [1.29, 1.82) is 0 Å². The van der Waals surface area contributed by atoms with Crippen LogP contribution in [0.15, 0.2) is 23.9 Å². The van der Waals surface area contributed by atoms with Crippen LogP contribution in [0.1, 0.15) is 44.9 Å². The molecule has 1 aliphatic carbocycles. The van der Waals surface area contributed by atoms with Gasteiger partial charge in [-0.15, -0.1) is 0 Å². The minimum atomic E-state index is 0.757. The van der Waals surface area contributed by atoms with Gasteiger partial charge >= 0.3 is 0 Å². The highest BCUT2D eigenvalue weighted by molar-refractivity contribution is 5.26. The molecular weight excluding hydrogens is 170 g/mol. The number of rotatable bonds is 1. The smallest absolute Gasteiger partial charge is 0.118 e. The van der Waals surface area contributed by atoms with E-state index in [1.165, 1.54) is 50.5 Å². The Hall–Kier alpha value is -0.720. The van der Waals surface area contributed by atoms with E-state index in [4.69, 9.17) is 0 Å². The largest absolute Gasteiger partial charge is 0.377 e. The maximum absolute atomic E-state index is 3.26. The maximum Gasteiger partial charge on any atom is 0.118 e. The number of dihydropyridines is 1. The average Bonchev–Trinajstić information content (AvgIpc) is 2.18. The second-order valence-electron chi connectivity index (χ2n) is 4.29. The van der Waals surface area contributed by atoms with Gasteiger partial charge in [-0.25, -0.2) is 0 Å². The van der Waals surface area contributed by atoms with E-state index in [9.17, 15) is 0 Å². The molecule has 2 radical (unpaired) electrons. The highest BCUT2D eigenvalue weighted by atomic mass is 14.8. The summed E-state index contributed by atoms with van der Waals surface area (Å²) >= 11 is 0. The van der Waals surface area contributed by atoms with Crippen molar-refractivity contribution in [3.8, 4) is 0 Å². The summed E-state index contributed by atoms with van der Waals surface area (Å²) in [5.41, 5.74) is 1.38. The van der Waals surface area contributed by atoms with Crippen LogP contribution in [0.2, 0.25) is 0 Å². The Morgan fingerprint density at radius 3 is 2.43 bits per heavy atom. The van der Waals surface area contributed by atoms with Gasteiger partial charge in [0, 0.05) is 0 Å². The van der Waals surface area contributed by atoms with Crippen LogP contribution in [0.5, 0.6) is 0 Å². The third-order valence-corrected chi connectivity index (χ3v) is 3.22. The first-order valence-corrected chi connectivity index (χ1v) is 5.85. The number of hydrogen-bond donors (Lipinski definition) is 1. The zero-order valence-electron chi connectivity index (χ0n) is 8.76. The van der Waals surface area contributed by atoms with Crippen molar-refractivity contribution < 1.29 is 0 Å². The molecule has 0 amide bonds. The van der Waals surface area contributed by atoms with Gasteiger partial charge in [0.15, 0.2) is 0 Å². The van der Waals surface area contributed by atoms with E-state index >= 15 is 0 Å². The highest BCUT2D eigenvalue weighted by Gasteiger charge is 2.16. The molecular formula is C13H19N. The molecule has 76 valence electrons. The normalized spacial score (nSPS) is 24.7. The summed E-state index contributed by atoms with van der Waals surface area (Å²) in [7, 11) is 0. The first kappa shape index (κ1) is 9.82. The van der Waals surface area contributed by atoms with Crippen molar-refractivity contribution >= 4 is 0 Å². The van der Waals surface area contributed by atoms with E-state index < -0.39 is 0 Å². The molecule has 2 aliphatic rings. The fourth-order valence-corrected chi connectivity index (χ4v) is 2.37. The quantitative estimate of drug-likeness (QED) is 0.666. The molecule has 0 aromatic carbocycles. The molecule has 0 saturated heterocycles. The highest BCUT2D eigenvalue weighted by Crippen LogP contribution is 2.29. The van der Waals surface area contributed by atoms with Crippen LogP contribution >= 0.6 is 0 Å². The van der Waals surface area contributed by atoms with E-state index in [-0.39, 0.29) is 0 Å². The van der Waals surface area contributed by atoms with Gasteiger partial charge in [0.05, 0.1) is 0 Å². The van der Waals surface area contributed by atoms with Crippen LogP contribution in [0.3, 0.4) is 0 Å². The zero-order valence-corrected chi connectivity index (χ0v) is 8.76. The molecule has 1 aliphatic heterocycles. The van der Waals surface area contributed by atoms with Crippen molar-refractivity contribution in [1.82, 2.24) is 5.32 Å². The van der Waals surface area contributed by atoms with Gasteiger partial charge in [-0.2, -0.15) is 0 Å². The monoisotopic (exact) mass is 189 g/mol. The molecule has 0 unspecified atom stereocenters. The Morgan fingerprint density at radius 1 is 1.07 bits per heavy atom. The summed E-state index contributed by atoms with van der Waals surface area (Å²) < 4.78 is 0. The Kier molecular flexibility index (Phi) is 3.67. The molecule has 1 heterocycles. The van der Waals surface area contributed by atoms with Gasteiger partial charge in [0.1, 0.15) is 6.54 Å². The predicted molar refractivity (Wildman–Crippen MR) is 59.4 cm³/mol. The minimum absolute atomic E-state index is 0.757. The van der Waals surface area contributed by atoms with Gasteiger partial charge in [-0.05, 0) is 36.6 Å². The standard InChI is InChI=1S/C13H19N/c1-2-4-7-12(8-5-3-1)13-9-6-10-14-11-13/h6,9-10,12,14H,1-5,7-8H2. The first-order chi connectivity index (χ1) is 6.97. The fourth-order valence-electron chi connectivity index (χ4n) is 2.37. The van der Waals surface area contributed by atoms with Crippen molar-refractivity contribution in [3.63, 3.8) is 0 Å². The lowest BCUT2D eigenvalue weighted by Crippen LogP contribution is -2.15. The van der Waals surface area contributed by atoms with Crippen molar-refractivity contribution in [3.05, 3.63) is 30.5 Å². The number of allylic oxidation sites excluding steroid dienone is 2. The summed E-state index contributed by atoms with van der Waals surface area (Å²) in [5, 5.41) is 3.07. The molecule has 1 nitrogen and oxygen atoms in total. The van der Waals surface area contributed by atoms with E-state index in [0.717, 1.165) is 5.92 Å². The Bertz CT molecular complexity index is 219. The van der Waals surface area contributed by atoms with Gasteiger partial charge in [0.2, 0.25) is 0 Å². The zero-order chi connectivity index (χ0) is 9.64. The molecule has 0 bridgehead atoms. The summed E-state index contributed by atoms with van der Waals surface area (Å²) in [6, 6.07) is 0. The van der Waals surface area contributed by atoms with E-state index in [1.807, 2.05) is 6.20 Å². The van der Waals surface area contributed by atoms with Gasteiger partial charge in [0.25, 0.3) is 0 Å². The van der Waals surface area contributed by atoms with Crippen LogP contribution in [0, 0.1) is 12.5 Å². The molecule has 0 aromatic heterocycles. The summed E-state index contributed by atoms with van der Waals surface area (Å²) in [4.78, 5) is 0. The molecule has 2 rings (SSSR count). The summed E-state index contributed by atoms with van der Waals surface area (Å²) in [6.45, 7) is 3.26. The van der Waals surface area contributed by atoms with Crippen LogP contribution in [-0.4, -0.2) is 0 Å². The first-order valence-electron chi connectivity index (χ1n) is 5.85. The van der Waals surface area contributed by atoms with E-state index in [1.54, 1.807) is 0 Å². The molecule has 1 saturated carbocycles. The molecule has 14 heavy (non-hydrogen) atoms. The van der Waals surface area contributed by atoms with Crippen LogP contribution in [0.4, 0.5) is 0 Å². The average molecular weight is 189 g/mol. The number of hydrogen-bond acceptors (Lipinski definition) is 1. The topological polar surface area (TPSA) is 12.0 Å². The van der Waals surface area contributed by atoms with Gasteiger partial charge in [-0.1, -0.05) is 38.2 Å². The summed E-state index contributed by atoms with van der Waals surface area (Å²) in [5.74, 6) is 0.757. The van der Waals surface area contributed by atoms with Crippen LogP contribution in [-0.2, 0) is 0 Å². The Balaban J connectivity index is 1.93. The third kappa shape index (κ3) is 2.63. The Morgan fingerprint density at radius 2 is 1.79 bits per heavy atom. The molecule has 0 aromatic rings. The van der Waals surface area contributed by atoms with Crippen LogP contribution < -0.4 is 5.32 Å². The minimum Gasteiger partial charge on any atom is -0.377 e. The molecule has 0 spiro atoms. The van der Waals surface area contributed by atoms with E-state index in [2.05, 4.69) is 24.0 Å². The predicted octanol–water partition coefficient (Wildman–Crippen LogP) is 3.43. The summed E-state index contributed by atoms with van der Waals surface area (Å²) in [6.07, 6.45) is 16.0. The molecule has 0 atom stereocenters. The molecule has 1 N–H and O–H groups in total. The maximum atomic E-state index is 3.26. The SMILES string of the molecule is [C]1NC=CC=C1C1CCCCCCC1.